The third-order valence-electron chi connectivity index (χ3n) is 4.85. The van der Waals surface area contributed by atoms with Crippen LogP contribution in [-0.2, 0) is 0 Å². The van der Waals surface area contributed by atoms with Crippen LogP contribution in [0.4, 0.5) is 0 Å². The molecule has 6 heteroatoms. The van der Waals surface area contributed by atoms with Crippen LogP contribution in [0.2, 0.25) is 0 Å². The highest BCUT2D eigenvalue weighted by molar-refractivity contribution is 9.11. The van der Waals surface area contributed by atoms with Gasteiger partial charge in [0.1, 0.15) is 11.5 Å². The molecule has 0 aliphatic carbocycles. The molecule has 0 saturated carbocycles. The number of fused-ring (bicyclic) bond motifs is 3. The van der Waals surface area contributed by atoms with Crippen LogP contribution >= 0.6 is 31.9 Å². The van der Waals surface area contributed by atoms with Crippen molar-refractivity contribution in [2.24, 2.45) is 5.10 Å². The average Bonchev–Trinajstić information content (AvgIpc) is 3.09. The maximum atomic E-state index is 6.32. The zero-order valence-electron chi connectivity index (χ0n) is 14.7. The number of methoxy groups -OCH3 is 1. The molecule has 2 unspecified atom stereocenters. The van der Waals surface area contributed by atoms with Crippen molar-refractivity contribution in [2.75, 3.05) is 7.11 Å². The molecule has 0 radical (unpaired) electrons. The minimum Gasteiger partial charge on any atom is -0.497 e. The molecule has 2 aromatic rings. The van der Waals surface area contributed by atoms with Crippen molar-refractivity contribution in [1.82, 2.24) is 5.01 Å². The van der Waals surface area contributed by atoms with E-state index >= 15 is 0 Å². The van der Waals surface area contributed by atoms with Gasteiger partial charge in [-0.3, -0.25) is 5.01 Å². The lowest BCUT2D eigenvalue weighted by molar-refractivity contribution is -0.0229. The number of hydrazone groups is 1. The maximum absolute atomic E-state index is 6.32. The molecule has 4 nitrogen and oxygen atoms in total. The fourth-order valence-corrected chi connectivity index (χ4v) is 4.94. The van der Waals surface area contributed by atoms with Gasteiger partial charge in [-0.1, -0.05) is 29.3 Å². The Labute approximate surface area is 170 Å². The molecule has 0 saturated heterocycles. The first-order valence-electron chi connectivity index (χ1n) is 8.76. The van der Waals surface area contributed by atoms with Crippen LogP contribution < -0.4 is 9.47 Å². The Balaban J connectivity index is 1.72. The summed E-state index contributed by atoms with van der Waals surface area (Å²) in [6.07, 6.45) is 2.82. The van der Waals surface area contributed by atoms with Crippen molar-refractivity contribution in [1.29, 1.82) is 0 Å². The zero-order chi connectivity index (χ0) is 18.3. The molecular weight excluding hydrogens is 460 g/mol. The second kappa shape index (κ2) is 7.24. The largest absolute Gasteiger partial charge is 0.497 e. The third kappa shape index (κ3) is 3.14. The lowest BCUT2D eigenvalue weighted by atomic mass is 9.96. The van der Waals surface area contributed by atoms with Gasteiger partial charge in [-0.2, -0.15) is 5.10 Å². The van der Waals surface area contributed by atoms with Gasteiger partial charge in [0.05, 0.1) is 23.3 Å². The Morgan fingerprint density at radius 3 is 2.69 bits per heavy atom. The minimum atomic E-state index is -0.0364. The van der Waals surface area contributed by atoms with Gasteiger partial charge in [0.25, 0.3) is 0 Å². The van der Waals surface area contributed by atoms with Gasteiger partial charge in [0.15, 0.2) is 6.23 Å². The van der Waals surface area contributed by atoms with Crippen molar-refractivity contribution in [2.45, 2.75) is 38.5 Å². The van der Waals surface area contributed by atoms with Crippen LogP contribution in [0.25, 0.3) is 0 Å². The molecule has 0 N–H and O–H groups in total. The van der Waals surface area contributed by atoms with Gasteiger partial charge in [-0.25, -0.2) is 0 Å². The predicted molar refractivity (Wildman–Crippen MR) is 110 cm³/mol. The highest BCUT2D eigenvalue weighted by Gasteiger charge is 2.40. The molecule has 2 aromatic carbocycles. The summed E-state index contributed by atoms with van der Waals surface area (Å²) in [6.45, 7) is 2.18. The Hall–Kier alpha value is -1.53. The number of hydrogen-bond donors (Lipinski definition) is 0. The Morgan fingerprint density at radius 2 is 2.00 bits per heavy atom. The summed E-state index contributed by atoms with van der Waals surface area (Å²) in [7, 11) is 1.68. The van der Waals surface area contributed by atoms with E-state index in [1.165, 1.54) is 5.56 Å². The van der Waals surface area contributed by atoms with E-state index in [2.05, 4.69) is 62.0 Å². The van der Waals surface area contributed by atoms with E-state index < -0.39 is 0 Å². The normalized spacial score (nSPS) is 20.9. The number of halogens is 2. The van der Waals surface area contributed by atoms with Crippen LogP contribution in [0, 0.1) is 0 Å². The number of benzene rings is 2. The Bertz CT molecular complexity index is 852. The molecule has 0 spiro atoms. The average molecular weight is 480 g/mol. The maximum Gasteiger partial charge on any atom is 0.187 e. The van der Waals surface area contributed by atoms with Crippen LogP contribution in [0.1, 0.15) is 43.4 Å². The van der Waals surface area contributed by atoms with E-state index in [0.717, 1.165) is 51.0 Å². The summed E-state index contributed by atoms with van der Waals surface area (Å²) in [4.78, 5) is 0. The lowest BCUT2D eigenvalue weighted by Gasteiger charge is -2.38. The first-order valence-corrected chi connectivity index (χ1v) is 10.3. The van der Waals surface area contributed by atoms with Crippen molar-refractivity contribution >= 4 is 37.6 Å². The second-order valence-corrected chi connectivity index (χ2v) is 8.31. The zero-order valence-corrected chi connectivity index (χ0v) is 17.9. The highest BCUT2D eigenvalue weighted by atomic mass is 79.9. The first kappa shape index (κ1) is 17.9. The van der Waals surface area contributed by atoms with E-state index in [0.29, 0.717) is 0 Å². The third-order valence-corrected chi connectivity index (χ3v) is 5.89. The number of ether oxygens (including phenoxy) is 2. The van der Waals surface area contributed by atoms with Crippen molar-refractivity contribution < 1.29 is 9.47 Å². The van der Waals surface area contributed by atoms with E-state index in [1.807, 2.05) is 18.2 Å². The summed E-state index contributed by atoms with van der Waals surface area (Å²) in [5.41, 5.74) is 3.39. The Morgan fingerprint density at radius 1 is 1.23 bits per heavy atom. The van der Waals surface area contributed by atoms with Gasteiger partial charge >= 0.3 is 0 Å². The molecule has 136 valence electrons. The van der Waals surface area contributed by atoms with E-state index in [-0.39, 0.29) is 12.3 Å². The molecule has 0 aromatic heterocycles. The van der Waals surface area contributed by atoms with Crippen LogP contribution in [0.15, 0.2) is 50.4 Å². The molecule has 0 fully saturated rings. The van der Waals surface area contributed by atoms with Crippen LogP contribution in [0.5, 0.6) is 11.5 Å². The molecule has 2 aliphatic rings. The van der Waals surface area contributed by atoms with Gasteiger partial charge in [-0.05, 0) is 57.9 Å². The topological polar surface area (TPSA) is 34.1 Å². The summed E-state index contributed by atoms with van der Waals surface area (Å²) in [6, 6.07) is 12.5. The molecule has 2 aliphatic heterocycles. The van der Waals surface area contributed by atoms with E-state index in [1.54, 1.807) is 7.11 Å². The van der Waals surface area contributed by atoms with E-state index in [9.17, 15) is 0 Å². The number of rotatable bonds is 4. The quantitative estimate of drug-likeness (QED) is 0.548. The number of nitrogens with zero attached hydrogens (tertiary/aromatic N) is 2. The van der Waals surface area contributed by atoms with Crippen molar-refractivity contribution in [3.63, 3.8) is 0 Å². The van der Waals surface area contributed by atoms with Gasteiger partial charge < -0.3 is 9.47 Å². The molecule has 4 rings (SSSR count). The van der Waals surface area contributed by atoms with Crippen LogP contribution in [-0.4, -0.2) is 24.1 Å². The summed E-state index contributed by atoms with van der Waals surface area (Å²) < 4.78 is 13.6. The summed E-state index contributed by atoms with van der Waals surface area (Å²) in [5, 5.41) is 7.09. The molecule has 0 amide bonds. The molecule has 26 heavy (non-hydrogen) atoms. The Kier molecular flexibility index (Phi) is 4.97. The summed E-state index contributed by atoms with van der Waals surface area (Å²) >= 11 is 7.26. The van der Waals surface area contributed by atoms with Crippen LogP contribution in [0.3, 0.4) is 0 Å². The van der Waals surface area contributed by atoms with Gasteiger partial charge in [0, 0.05) is 22.9 Å². The van der Waals surface area contributed by atoms with Gasteiger partial charge in [0.2, 0.25) is 0 Å². The van der Waals surface area contributed by atoms with Gasteiger partial charge in [-0.15, -0.1) is 0 Å². The fraction of sp³-hybridized carbons (Fsp3) is 0.350. The van der Waals surface area contributed by atoms with Crippen molar-refractivity contribution in [3.05, 3.63) is 56.5 Å². The molecule has 0 bridgehead atoms. The molecule has 2 heterocycles. The fourth-order valence-electron chi connectivity index (χ4n) is 3.58. The van der Waals surface area contributed by atoms with Crippen molar-refractivity contribution in [3.8, 4) is 11.5 Å². The first-order chi connectivity index (χ1) is 12.6. The highest BCUT2D eigenvalue weighted by Crippen LogP contribution is 2.47. The van der Waals surface area contributed by atoms with E-state index in [4.69, 9.17) is 14.6 Å². The molecule has 2 atom stereocenters. The monoisotopic (exact) mass is 478 g/mol. The smallest absolute Gasteiger partial charge is 0.187 e. The second-order valence-electron chi connectivity index (χ2n) is 6.54. The SMILES string of the molecule is CCCC1Oc2c(Br)cc(Br)cc2C2CC(c3ccc(OC)cc3)=NN12. The summed E-state index contributed by atoms with van der Waals surface area (Å²) in [5.74, 6) is 1.80. The standard InChI is InChI=1S/C20H20Br2N2O2/c1-3-4-19-24-18(15-9-13(21)10-16(22)20(15)26-19)11-17(23-24)12-5-7-14(25-2)8-6-12/h5-10,18-19H,3-4,11H2,1-2H3. The predicted octanol–water partition coefficient (Wildman–Crippen LogP) is 5.89. The molecular formula is C20H20Br2N2O2. The lowest BCUT2D eigenvalue weighted by Crippen LogP contribution is -2.40. The number of hydrogen-bond acceptors (Lipinski definition) is 4. The minimum absolute atomic E-state index is 0.0364.